The normalized spacial score (nSPS) is 13.1. The van der Waals surface area contributed by atoms with Crippen molar-refractivity contribution in [3.05, 3.63) is 35.9 Å². The predicted molar refractivity (Wildman–Crippen MR) is 55.6 cm³/mol. The van der Waals surface area contributed by atoms with Gasteiger partial charge in [0.1, 0.15) is 6.23 Å². The maximum absolute atomic E-state index is 9.42. The van der Waals surface area contributed by atoms with Gasteiger partial charge >= 0.3 is 0 Å². The third-order valence-corrected chi connectivity index (χ3v) is 2.14. The Labute approximate surface area is 84.6 Å². The molecule has 0 heterocycles. The van der Waals surface area contributed by atoms with E-state index in [1.165, 1.54) is 0 Å². The van der Waals surface area contributed by atoms with E-state index in [1.807, 2.05) is 35.2 Å². The summed E-state index contributed by atoms with van der Waals surface area (Å²) < 4.78 is 0. The second-order valence-corrected chi connectivity index (χ2v) is 3.31. The van der Waals surface area contributed by atoms with Crippen molar-refractivity contribution in [3.63, 3.8) is 0 Å². The molecule has 1 unspecified atom stereocenters. The third kappa shape index (κ3) is 3.46. The predicted octanol–water partition coefficient (Wildman–Crippen LogP) is 0.819. The van der Waals surface area contributed by atoms with Crippen LogP contribution >= 0.6 is 0 Å². The van der Waals surface area contributed by atoms with E-state index in [4.69, 9.17) is 5.11 Å². The van der Waals surface area contributed by atoms with E-state index in [0.29, 0.717) is 13.1 Å². The Balaban J connectivity index is 2.55. The lowest BCUT2D eigenvalue weighted by Gasteiger charge is -2.24. The van der Waals surface area contributed by atoms with Crippen molar-refractivity contribution < 1.29 is 10.2 Å². The average Bonchev–Trinajstić information content (AvgIpc) is 2.18. The Hall–Kier alpha value is -0.900. The van der Waals surface area contributed by atoms with Crippen molar-refractivity contribution in [2.75, 3.05) is 13.2 Å². The number of nitrogens with zero attached hydrogens (tertiary/aromatic N) is 1. The summed E-state index contributed by atoms with van der Waals surface area (Å²) in [6, 6.07) is 9.91. The van der Waals surface area contributed by atoms with E-state index in [1.54, 1.807) is 6.92 Å². The van der Waals surface area contributed by atoms with E-state index in [0.717, 1.165) is 5.56 Å². The van der Waals surface area contributed by atoms with Crippen LogP contribution in [0.25, 0.3) is 0 Å². The van der Waals surface area contributed by atoms with Crippen LogP contribution in [0.4, 0.5) is 0 Å². The largest absolute Gasteiger partial charge is 0.395 e. The zero-order valence-electron chi connectivity index (χ0n) is 8.43. The summed E-state index contributed by atoms with van der Waals surface area (Å²) in [5.41, 5.74) is 1.14. The fourth-order valence-electron chi connectivity index (χ4n) is 1.34. The van der Waals surface area contributed by atoms with Crippen LogP contribution in [0.2, 0.25) is 0 Å². The highest BCUT2D eigenvalue weighted by atomic mass is 16.3. The molecule has 2 N–H and O–H groups in total. The molecule has 14 heavy (non-hydrogen) atoms. The second kappa shape index (κ2) is 5.75. The molecule has 0 radical (unpaired) electrons. The summed E-state index contributed by atoms with van der Waals surface area (Å²) in [6.45, 7) is 2.93. The van der Waals surface area contributed by atoms with Gasteiger partial charge in [0, 0.05) is 13.1 Å². The van der Waals surface area contributed by atoms with Gasteiger partial charge in [-0.1, -0.05) is 30.3 Å². The highest BCUT2D eigenvalue weighted by molar-refractivity contribution is 5.14. The zero-order valence-corrected chi connectivity index (χ0v) is 8.43. The highest BCUT2D eigenvalue weighted by Crippen LogP contribution is 2.06. The number of aliphatic hydroxyl groups is 2. The Kier molecular flexibility index (Phi) is 4.59. The molecule has 3 nitrogen and oxygen atoms in total. The van der Waals surface area contributed by atoms with Gasteiger partial charge in [-0.15, -0.1) is 0 Å². The van der Waals surface area contributed by atoms with Gasteiger partial charge in [-0.05, 0) is 12.5 Å². The molecular formula is C11H17NO2. The molecule has 0 aliphatic carbocycles. The zero-order chi connectivity index (χ0) is 10.4. The lowest BCUT2D eigenvalue weighted by atomic mass is 10.2. The first-order valence-electron chi connectivity index (χ1n) is 4.81. The van der Waals surface area contributed by atoms with Crippen molar-refractivity contribution in [2.45, 2.75) is 19.7 Å². The molecule has 3 heteroatoms. The minimum atomic E-state index is -0.526. The molecular weight excluding hydrogens is 178 g/mol. The number of rotatable bonds is 5. The van der Waals surface area contributed by atoms with Crippen LogP contribution in [0.5, 0.6) is 0 Å². The molecule has 0 aliphatic heterocycles. The Bertz CT molecular complexity index is 249. The Morgan fingerprint density at radius 2 is 1.93 bits per heavy atom. The van der Waals surface area contributed by atoms with E-state index >= 15 is 0 Å². The molecule has 0 spiro atoms. The summed E-state index contributed by atoms with van der Waals surface area (Å²) in [4.78, 5) is 1.81. The first-order chi connectivity index (χ1) is 6.74. The molecule has 0 amide bonds. The molecule has 1 aromatic rings. The molecule has 0 fully saturated rings. The topological polar surface area (TPSA) is 43.7 Å². The van der Waals surface area contributed by atoms with Gasteiger partial charge in [-0.25, -0.2) is 0 Å². The van der Waals surface area contributed by atoms with Gasteiger partial charge in [0.25, 0.3) is 0 Å². The fraction of sp³-hybridized carbons (Fsp3) is 0.455. The summed E-state index contributed by atoms with van der Waals surface area (Å²) in [5.74, 6) is 0. The van der Waals surface area contributed by atoms with Crippen LogP contribution in [0, 0.1) is 0 Å². The van der Waals surface area contributed by atoms with Crippen LogP contribution in [-0.2, 0) is 6.54 Å². The molecule has 1 rings (SSSR count). The van der Waals surface area contributed by atoms with Gasteiger partial charge in [0.2, 0.25) is 0 Å². The molecule has 0 aromatic heterocycles. The minimum absolute atomic E-state index is 0.0672. The van der Waals surface area contributed by atoms with E-state index in [2.05, 4.69) is 0 Å². The van der Waals surface area contributed by atoms with Crippen molar-refractivity contribution in [3.8, 4) is 0 Å². The molecule has 1 aromatic carbocycles. The highest BCUT2D eigenvalue weighted by Gasteiger charge is 2.09. The Morgan fingerprint density at radius 1 is 1.29 bits per heavy atom. The van der Waals surface area contributed by atoms with E-state index in [9.17, 15) is 5.11 Å². The van der Waals surface area contributed by atoms with Crippen LogP contribution in [0.3, 0.4) is 0 Å². The average molecular weight is 195 g/mol. The number of hydrogen-bond donors (Lipinski definition) is 2. The smallest absolute Gasteiger partial charge is 0.104 e. The van der Waals surface area contributed by atoms with Crippen molar-refractivity contribution in [1.82, 2.24) is 4.90 Å². The van der Waals surface area contributed by atoms with E-state index in [-0.39, 0.29) is 6.61 Å². The lowest BCUT2D eigenvalue weighted by Crippen LogP contribution is -2.34. The fourth-order valence-corrected chi connectivity index (χ4v) is 1.34. The van der Waals surface area contributed by atoms with Gasteiger partial charge in [-0.2, -0.15) is 0 Å². The Morgan fingerprint density at radius 3 is 2.43 bits per heavy atom. The van der Waals surface area contributed by atoms with Gasteiger partial charge in [0.05, 0.1) is 6.61 Å². The van der Waals surface area contributed by atoms with Gasteiger partial charge in [-0.3, -0.25) is 4.90 Å². The number of aliphatic hydroxyl groups excluding tert-OH is 2. The van der Waals surface area contributed by atoms with Gasteiger partial charge < -0.3 is 10.2 Å². The maximum Gasteiger partial charge on any atom is 0.104 e. The third-order valence-electron chi connectivity index (χ3n) is 2.14. The van der Waals surface area contributed by atoms with E-state index < -0.39 is 6.23 Å². The van der Waals surface area contributed by atoms with Crippen molar-refractivity contribution in [1.29, 1.82) is 0 Å². The van der Waals surface area contributed by atoms with Crippen molar-refractivity contribution in [2.24, 2.45) is 0 Å². The maximum atomic E-state index is 9.42. The SMILES string of the molecule is CC(O)N(CCO)Cc1ccccc1. The lowest BCUT2D eigenvalue weighted by molar-refractivity contribution is 0.00264. The minimum Gasteiger partial charge on any atom is -0.395 e. The van der Waals surface area contributed by atoms with Crippen molar-refractivity contribution >= 4 is 0 Å². The van der Waals surface area contributed by atoms with Crippen LogP contribution in [0.15, 0.2) is 30.3 Å². The summed E-state index contributed by atoms with van der Waals surface area (Å²) in [5, 5.41) is 18.2. The monoisotopic (exact) mass is 195 g/mol. The molecule has 0 aliphatic rings. The van der Waals surface area contributed by atoms with Gasteiger partial charge in [0.15, 0.2) is 0 Å². The quantitative estimate of drug-likeness (QED) is 0.684. The van der Waals surface area contributed by atoms with Crippen LogP contribution in [0.1, 0.15) is 12.5 Å². The summed E-state index contributed by atoms with van der Waals surface area (Å²) in [7, 11) is 0. The van der Waals surface area contributed by atoms with Crippen LogP contribution in [-0.4, -0.2) is 34.5 Å². The molecule has 0 bridgehead atoms. The molecule has 0 saturated heterocycles. The number of benzene rings is 1. The standard InChI is InChI=1S/C11H17NO2/c1-10(14)12(7-8-13)9-11-5-3-2-4-6-11/h2-6,10,13-14H,7-9H2,1H3. The summed E-state index contributed by atoms with van der Waals surface area (Å²) in [6.07, 6.45) is -0.526. The molecule has 0 saturated carbocycles. The molecule has 1 atom stereocenters. The summed E-state index contributed by atoms with van der Waals surface area (Å²) >= 11 is 0. The van der Waals surface area contributed by atoms with Crippen LogP contribution < -0.4 is 0 Å². The first kappa shape index (κ1) is 11.2. The number of hydrogen-bond acceptors (Lipinski definition) is 3. The molecule has 78 valence electrons. The first-order valence-corrected chi connectivity index (χ1v) is 4.81. The second-order valence-electron chi connectivity index (χ2n) is 3.31.